The lowest BCUT2D eigenvalue weighted by Gasteiger charge is -2.26. The van der Waals surface area contributed by atoms with E-state index in [1.807, 2.05) is 0 Å². The fraction of sp³-hybridized carbons (Fsp3) is 0.333. The number of ketones is 1. The van der Waals surface area contributed by atoms with Gasteiger partial charge in [-0.1, -0.05) is 30.3 Å². The molecule has 0 spiro atoms. The van der Waals surface area contributed by atoms with Crippen molar-refractivity contribution in [3.63, 3.8) is 0 Å². The molecule has 0 aromatic heterocycles. The molecular weight excluding hydrogens is 414 g/mol. The second-order valence-electron chi connectivity index (χ2n) is 7.16. The van der Waals surface area contributed by atoms with Gasteiger partial charge in [0.15, 0.2) is 11.5 Å². The van der Waals surface area contributed by atoms with Gasteiger partial charge in [0.1, 0.15) is 5.76 Å². The first-order valence-electron chi connectivity index (χ1n) is 10.1. The van der Waals surface area contributed by atoms with E-state index in [4.69, 9.17) is 18.9 Å². The Bertz CT molecular complexity index is 991. The van der Waals surface area contributed by atoms with Crippen molar-refractivity contribution in [1.82, 2.24) is 4.90 Å². The number of rotatable bonds is 9. The Hall–Kier alpha value is -3.52. The summed E-state index contributed by atoms with van der Waals surface area (Å²) in [7, 11) is 6.04. The zero-order chi connectivity index (χ0) is 23.3. The molecule has 8 nitrogen and oxygen atoms in total. The lowest BCUT2D eigenvalue weighted by atomic mass is 9.94. The minimum Gasteiger partial charge on any atom is -0.507 e. The first-order chi connectivity index (χ1) is 15.5. The molecule has 1 aliphatic rings. The molecule has 1 heterocycles. The Balaban J connectivity index is 2.22. The standard InChI is InChI=1S/C24H27NO7/c1-29-12-8-11-25-20(16-13-17(30-2)23(32-4)18(14-16)31-3)19(22(27)24(25)28)21(26)15-9-6-5-7-10-15/h5-7,9-10,13-14,20,26H,8,11-12H2,1-4H3/b21-19+. The average Bonchev–Trinajstić information content (AvgIpc) is 3.08. The van der Waals surface area contributed by atoms with Crippen molar-refractivity contribution in [3.8, 4) is 17.2 Å². The summed E-state index contributed by atoms with van der Waals surface area (Å²) in [6, 6.07) is 11.2. The van der Waals surface area contributed by atoms with Crippen LogP contribution in [0.2, 0.25) is 0 Å². The third kappa shape index (κ3) is 4.27. The smallest absolute Gasteiger partial charge is 0.295 e. The summed E-state index contributed by atoms with van der Waals surface area (Å²) in [5, 5.41) is 11.1. The van der Waals surface area contributed by atoms with Gasteiger partial charge in [-0.2, -0.15) is 0 Å². The lowest BCUT2D eigenvalue weighted by molar-refractivity contribution is -0.140. The quantitative estimate of drug-likeness (QED) is 0.276. The van der Waals surface area contributed by atoms with Crippen molar-refractivity contribution in [2.24, 2.45) is 0 Å². The number of carbonyl (C=O) groups is 2. The van der Waals surface area contributed by atoms with E-state index in [0.717, 1.165) is 0 Å². The van der Waals surface area contributed by atoms with Crippen LogP contribution in [0.15, 0.2) is 48.0 Å². The third-order valence-corrected chi connectivity index (χ3v) is 5.34. The van der Waals surface area contributed by atoms with Gasteiger partial charge in [-0.05, 0) is 24.1 Å². The van der Waals surface area contributed by atoms with Crippen LogP contribution in [0.5, 0.6) is 17.2 Å². The van der Waals surface area contributed by atoms with Gasteiger partial charge in [-0.3, -0.25) is 9.59 Å². The number of methoxy groups -OCH3 is 4. The highest BCUT2D eigenvalue weighted by Crippen LogP contribution is 2.45. The number of Topliss-reactive ketones (excluding diaryl/α,β-unsaturated/α-hetero) is 1. The predicted octanol–water partition coefficient (Wildman–Crippen LogP) is 3.17. The van der Waals surface area contributed by atoms with Crippen LogP contribution in [0, 0.1) is 0 Å². The molecule has 1 aliphatic heterocycles. The van der Waals surface area contributed by atoms with Crippen molar-refractivity contribution in [2.75, 3.05) is 41.6 Å². The Morgan fingerprint density at radius 1 is 0.969 bits per heavy atom. The molecule has 1 N–H and O–H groups in total. The van der Waals surface area contributed by atoms with Crippen molar-refractivity contribution in [3.05, 3.63) is 59.2 Å². The first kappa shape index (κ1) is 23.1. The SMILES string of the molecule is COCCCN1C(=O)C(=O)/C(=C(/O)c2ccccc2)C1c1cc(OC)c(OC)c(OC)c1. The molecule has 1 unspecified atom stereocenters. The van der Waals surface area contributed by atoms with E-state index >= 15 is 0 Å². The molecule has 1 atom stereocenters. The van der Waals surface area contributed by atoms with Gasteiger partial charge in [-0.15, -0.1) is 0 Å². The van der Waals surface area contributed by atoms with Crippen LogP contribution in [0.3, 0.4) is 0 Å². The fourth-order valence-corrected chi connectivity index (χ4v) is 3.85. The largest absolute Gasteiger partial charge is 0.507 e. The Kier molecular flexibility index (Phi) is 7.37. The van der Waals surface area contributed by atoms with Crippen LogP contribution in [0.1, 0.15) is 23.6 Å². The minimum absolute atomic E-state index is 0.00731. The molecule has 0 bridgehead atoms. The molecule has 1 saturated heterocycles. The minimum atomic E-state index is -0.833. The summed E-state index contributed by atoms with van der Waals surface area (Å²) in [6.07, 6.45) is 0.524. The van der Waals surface area contributed by atoms with Gasteiger partial charge < -0.3 is 29.0 Å². The molecule has 1 amide bonds. The van der Waals surface area contributed by atoms with Crippen molar-refractivity contribution < 1.29 is 33.6 Å². The average molecular weight is 441 g/mol. The highest BCUT2D eigenvalue weighted by Gasteiger charge is 2.46. The normalized spacial score (nSPS) is 17.5. The summed E-state index contributed by atoms with van der Waals surface area (Å²) >= 11 is 0. The van der Waals surface area contributed by atoms with E-state index < -0.39 is 17.7 Å². The summed E-state index contributed by atoms with van der Waals surface area (Å²) in [4.78, 5) is 27.5. The van der Waals surface area contributed by atoms with Gasteiger partial charge in [0.25, 0.3) is 11.7 Å². The van der Waals surface area contributed by atoms with Crippen molar-refractivity contribution >= 4 is 17.4 Å². The molecule has 3 rings (SSSR count). The second-order valence-corrected chi connectivity index (χ2v) is 7.16. The van der Waals surface area contributed by atoms with Crippen LogP contribution < -0.4 is 14.2 Å². The Morgan fingerprint density at radius 2 is 1.59 bits per heavy atom. The van der Waals surface area contributed by atoms with E-state index in [1.165, 1.54) is 26.2 Å². The molecule has 2 aromatic rings. The molecule has 0 radical (unpaired) electrons. The third-order valence-electron chi connectivity index (χ3n) is 5.34. The molecule has 2 aromatic carbocycles. The van der Waals surface area contributed by atoms with Gasteiger partial charge in [0, 0.05) is 25.8 Å². The molecule has 170 valence electrons. The number of aliphatic hydroxyl groups excluding tert-OH is 1. The van der Waals surface area contributed by atoms with Gasteiger partial charge >= 0.3 is 0 Å². The van der Waals surface area contributed by atoms with Gasteiger partial charge in [0.05, 0.1) is 32.9 Å². The van der Waals surface area contributed by atoms with E-state index in [1.54, 1.807) is 49.6 Å². The monoisotopic (exact) mass is 441 g/mol. The zero-order valence-electron chi connectivity index (χ0n) is 18.6. The van der Waals surface area contributed by atoms with Gasteiger partial charge in [-0.25, -0.2) is 0 Å². The van der Waals surface area contributed by atoms with Crippen molar-refractivity contribution in [1.29, 1.82) is 0 Å². The molecule has 0 aliphatic carbocycles. The highest BCUT2D eigenvalue weighted by atomic mass is 16.5. The van der Waals surface area contributed by atoms with Gasteiger partial charge in [0.2, 0.25) is 5.75 Å². The summed E-state index contributed by atoms with van der Waals surface area (Å²) in [5.74, 6) is -0.525. The second kappa shape index (κ2) is 10.2. The Labute approximate surface area is 187 Å². The number of hydrogen-bond donors (Lipinski definition) is 1. The molecular formula is C24H27NO7. The summed E-state index contributed by atoms with van der Waals surface area (Å²) in [6.45, 7) is 0.689. The number of nitrogens with zero attached hydrogens (tertiary/aromatic N) is 1. The number of hydrogen-bond acceptors (Lipinski definition) is 7. The summed E-state index contributed by atoms with van der Waals surface area (Å²) in [5.41, 5.74) is 1.00. The number of aliphatic hydroxyl groups is 1. The van der Waals surface area contributed by atoms with Crippen molar-refractivity contribution in [2.45, 2.75) is 12.5 Å². The first-order valence-corrected chi connectivity index (χ1v) is 10.1. The maximum absolute atomic E-state index is 13.1. The fourth-order valence-electron chi connectivity index (χ4n) is 3.85. The van der Waals surface area contributed by atoms with E-state index in [0.29, 0.717) is 41.4 Å². The number of benzene rings is 2. The topological polar surface area (TPSA) is 94.5 Å². The number of ether oxygens (including phenoxy) is 4. The maximum Gasteiger partial charge on any atom is 0.295 e. The number of carbonyl (C=O) groups excluding carboxylic acids is 2. The maximum atomic E-state index is 13.1. The summed E-state index contributed by atoms with van der Waals surface area (Å²) < 4.78 is 21.4. The lowest BCUT2D eigenvalue weighted by Crippen LogP contribution is -2.31. The van der Waals surface area contributed by atoms with Crippen LogP contribution in [0.25, 0.3) is 5.76 Å². The molecule has 32 heavy (non-hydrogen) atoms. The number of amides is 1. The molecule has 1 fully saturated rings. The predicted molar refractivity (Wildman–Crippen MR) is 118 cm³/mol. The van der Waals surface area contributed by atoms with Crippen LogP contribution in [-0.2, 0) is 14.3 Å². The molecule has 8 heteroatoms. The molecule has 0 saturated carbocycles. The van der Waals surface area contributed by atoms with Crippen LogP contribution >= 0.6 is 0 Å². The Morgan fingerprint density at radius 3 is 2.12 bits per heavy atom. The zero-order valence-corrected chi connectivity index (χ0v) is 18.6. The van der Waals surface area contributed by atoms with E-state index in [9.17, 15) is 14.7 Å². The number of likely N-dealkylation sites (tertiary alicyclic amines) is 1. The van der Waals surface area contributed by atoms with Crippen LogP contribution in [-0.4, -0.2) is 63.3 Å². The van der Waals surface area contributed by atoms with E-state index in [-0.39, 0.29) is 17.9 Å². The van der Waals surface area contributed by atoms with E-state index in [2.05, 4.69) is 0 Å². The highest BCUT2D eigenvalue weighted by molar-refractivity contribution is 6.46. The van der Waals surface area contributed by atoms with Crippen LogP contribution in [0.4, 0.5) is 0 Å².